The molecule has 0 unspecified atom stereocenters. The lowest BCUT2D eigenvalue weighted by atomic mass is 10.1. The molecule has 0 atom stereocenters. The fraction of sp³-hybridized carbons (Fsp3) is 0.188. The molecule has 1 saturated heterocycles. The van der Waals surface area contributed by atoms with Gasteiger partial charge in [-0.05, 0) is 30.3 Å². The van der Waals surface area contributed by atoms with Gasteiger partial charge < -0.3 is 9.64 Å². The molecule has 0 bridgehead atoms. The van der Waals surface area contributed by atoms with E-state index in [0.717, 1.165) is 4.47 Å². The molecule has 0 radical (unpaired) electrons. The number of hydrogen-bond acceptors (Lipinski definition) is 4. The molecule has 0 aliphatic carbocycles. The van der Waals surface area contributed by atoms with Gasteiger partial charge in [-0.15, -0.1) is 0 Å². The molecule has 110 valence electrons. The van der Waals surface area contributed by atoms with Gasteiger partial charge in [0.05, 0.1) is 24.7 Å². The first-order valence-electron chi connectivity index (χ1n) is 6.73. The van der Waals surface area contributed by atoms with E-state index < -0.39 is 0 Å². The molecule has 2 heterocycles. The second-order valence-corrected chi connectivity index (χ2v) is 5.87. The summed E-state index contributed by atoms with van der Waals surface area (Å²) >= 11 is 3.35. The molecule has 0 saturated carbocycles. The van der Waals surface area contributed by atoms with E-state index >= 15 is 0 Å². The lowest BCUT2D eigenvalue weighted by Gasteiger charge is -2.38. The second kappa shape index (κ2) is 6.16. The molecule has 1 aliphatic rings. The maximum absolute atomic E-state index is 12.2. The number of halogens is 1. The predicted molar refractivity (Wildman–Crippen MR) is 83.4 cm³/mol. The maximum atomic E-state index is 12.2. The number of ether oxygens (including phenoxy) is 1. The van der Waals surface area contributed by atoms with Gasteiger partial charge in [0.15, 0.2) is 0 Å². The summed E-state index contributed by atoms with van der Waals surface area (Å²) in [5, 5.41) is 8.84. The van der Waals surface area contributed by atoms with E-state index in [1.54, 1.807) is 29.2 Å². The van der Waals surface area contributed by atoms with Gasteiger partial charge in [-0.25, -0.2) is 4.98 Å². The molecule has 6 heteroatoms. The Morgan fingerprint density at radius 3 is 2.73 bits per heavy atom. The molecule has 0 N–H and O–H groups in total. The summed E-state index contributed by atoms with van der Waals surface area (Å²) in [6.45, 7) is 1.04. The molecular weight excluding hydrogens is 346 g/mol. The number of rotatable bonds is 3. The number of nitriles is 1. The van der Waals surface area contributed by atoms with Crippen LogP contribution >= 0.6 is 15.9 Å². The van der Waals surface area contributed by atoms with Crippen LogP contribution in [0.1, 0.15) is 15.9 Å². The van der Waals surface area contributed by atoms with Gasteiger partial charge >= 0.3 is 0 Å². The largest absolute Gasteiger partial charge is 0.471 e. The monoisotopic (exact) mass is 357 g/mol. The van der Waals surface area contributed by atoms with Crippen molar-refractivity contribution in [2.45, 2.75) is 6.10 Å². The number of carbonyl (C=O) groups is 1. The quantitative estimate of drug-likeness (QED) is 0.846. The Hall–Kier alpha value is -2.39. The summed E-state index contributed by atoms with van der Waals surface area (Å²) in [6.07, 6.45) is 1.46. The summed E-state index contributed by atoms with van der Waals surface area (Å²) in [5.41, 5.74) is 1.17. The van der Waals surface area contributed by atoms with Crippen LogP contribution in [0.15, 0.2) is 47.1 Å². The molecule has 1 aromatic carbocycles. The number of hydrogen-bond donors (Lipinski definition) is 0. The lowest BCUT2D eigenvalue weighted by molar-refractivity contribution is 0.0160. The standard InChI is InChI=1S/C16H12BrN3O2/c17-13-3-1-12(2-4-13)16(21)20-9-14(10-20)22-15-7-11(8-18)5-6-19-15/h1-7,14H,9-10H2. The van der Waals surface area contributed by atoms with Gasteiger partial charge in [-0.1, -0.05) is 15.9 Å². The van der Waals surface area contributed by atoms with Crippen molar-refractivity contribution in [2.24, 2.45) is 0 Å². The van der Waals surface area contributed by atoms with E-state index in [-0.39, 0.29) is 12.0 Å². The van der Waals surface area contributed by atoms with Crippen LogP contribution in [-0.4, -0.2) is 35.0 Å². The molecule has 22 heavy (non-hydrogen) atoms. The smallest absolute Gasteiger partial charge is 0.254 e. The van der Waals surface area contributed by atoms with Crippen LogP contribution in [0.4, 0.5) is 0 Å². The molecule has 1 aromatic heterocycles. The van der Waals surface area contributed by atoms with E-state index in [0.29, 0.717) is 30.1 Å². The summed E-state index contributed by atoms with van der Waals surface area (Å²) in [6, 6.07) is 12.5. The van der Waals surface area contributed by atoms with Crippen molar-refractivity contribution < 1.29 is 9.53 Å². The number of nitrogens with zero attached hydrogens (tertiary/aromatic N) is 3. The Morgan fingerprint density at radius 2 is 2.05 bits per heavy atom. The number of benzene rings is 1. The fourth-order valence-corrected chi connectivity index (χ4v) is 2.43. The van der Waals surface area contributed by atoms with Crippen LogP contribution in [0, 0.1) is 11.3 Å². The topological polar surface area (TPSA) is 66.2 Å². The van der Waals surface area contributed by atoms with Crippen molar-refractivity contribution in [1.82, 2.24) is 9.88 Å². The van der Waals surface area contributed by atoms with Crippen molar-refractivity contribution in [1.29, 1.82) is 5.26 Å². The summed E-state index contributed by atoms with van der Waals surface area (Å²) in [7, 11) is 0. The van der Waals surface area contributed by atoms with Gasteiger partial charge in [0.1, 0.15) is 6.10 Å². The molecule has 2 aromatic rings. The lowest BCUT2D eigenvalue weighted by Crippen LogP contribution is -2.56. The Bertz CT molecular complexity index is 734. The summed E-state index contributed by atoms with van der Waals surface area (Å²) in [5.74, 6) is 0.408. The van der Waals surface area contributed by atoms with Crippen LogP contribution in [0.3, 0.4) is 0 Å². The molecule has 0 spiro atoms. The molecule has 1 aliphatic heterocycles. The van der Waals surface area contributed by atoms with Crippen LogP contribution in [0.2, 0.25) is 0 Å². The zero-order valence-electron chi connectivity index (χ0n) is 11.6. The van der Waals surface area contributed by atoms with Crippen molar-refractivity contribution in [2.75, 3.05) is 13.1 Å². The van der Waals surface area contributed by atoms with Crippen LogP contribution in [0.5, 0.6) is 5.88 Å². The van der Waals surface area contributed by atoms with Gasteiger partial charge in [-0.2, -0.15) is 5.26 Å². The Morgan fingerprint density at radius 1 is 1.32 bits per heavy atom. The zero-order chi connectivity index (χ0) is 15.5. The number of amides is 1. The molecule has 1 amide bonds. The van der Waals surface area contributed by atoms with Crippen molar-refractivity contribution in [3.05, 3.63) is 58.2 Å². The van der Waals surface area contributed by atoms with E-state index in [4.69, 9.17) is 10.00 Å². The Kier molecular flexibility index (Phi) is 4.07. The van der Waals surface area contributed by atoms with Gasteiger partial charge in [0, 0.05) is 22.3 Å². The van der Waals surface area contributed by atoms with Crippen molar-refractivity contribution in [3.63, 3.8) is 0 Å². The number of likely N-dealkylation sites (tertiary alicyclic amines) is 1. The minimum atomic E-state index is -0.0826. The highest BCUT2D eigenvalue weighted by molar-refractivity contribution is 9.10. The average molecular weight is 358 g/mol. The SMILES string of the molecule is N#Cc1ccnc(OC2CN(C(=O)c3ccc(Br)cc3)C2)c1. The molecular formula is C16H12BrN3O2. The highest BCUT2D eigenvalue weighted by atomic mass is 79.9. The first-order valence-corrected chi connectivity index (χ1v) is 7.52. The highest BCUT2D eigenvalue weighted by Gasteiger charge is 2.33. The minimum absolute atomic E-state index is 0.00825. The van der Waals surface area contributed by atoms with Gasteiger partial charge in [0.2, 0.25) is 5.88 Å². The molecule has 1 fully saturated rings. The van der Waals surface area contributed by atoms with Crippen molar-refractivity contribution >= 4 is 21.8 Å². The number of pyridine rings is 1. The third kappa shape index (κ3) is 3.10. The Balaban J connectivity index is 1.56. The van der Waals surface area contributed by atoms with Gasteiger partial charge in [-0.3, -0.25) is 4.79 Å². The minimum Gasteiger partial charge on any atom is -0.471 e. The third-order valence-corrected chi connectivity index (χ3v) is 3.91. The first kappa shape index (κ1) is 14.5. The molecule has 3 rings (SSSR count). The zero-order valence-corrected chi connectivity index (χ0v) is 13.2. The van der Waals surface area contributed by atoms with E-state index in [1.807, 2.05) is 18.2 Å². The van der Waals surface area contributed by atoms with Crippen molar-refractivity contribution in [3.8, 4) is 11.9 Å². The fourth-order valence-electron chi connectivity index (χ4n) is 2.17. The predicted octanol–water partition coefficient (Wildman–Crippen LogP) is 2.62. The first-order chi connectivity index (χ1) is 10.7. The van der Waals surface area contributed by atoms with Crippen LogP contribution in [-0.2, 0) is 0 Å². The summed E-state index contributed by atoms with van der Waals surface area (Å²) in [4.78, 5) is 18.0. The van der Waals surface area contributed by atoms with E-state index in [9.17, 15) is 4.79 Å². The van der Waals surface area contributed by atoms with Crippen LogP contribution < -0.4 is 4.74 Å². The van der Waals surface area contributed by atoms with E-state index in [2.05, 4.69) is 20.9 Å². The van der Waals surface area contributed by atoms with Gasteiger partial charge in [0.25, 0.3) is 5.91 Å². The second-order valence-electron chi connectivity index (χ2n) is 4.95. The van der Waals surface area contributed by atoms with Crippen LogP contribution in [0.25, 0.3) is 0 Å². The molecule has 5 nitrogen and oxygen atoms in total. The highest BCUT2D eigenvalue weighted by Crippen LogP contribution is 2.20. The third-order valence-electron chi connectivity index (χ3n) is 3.38. The number of aromatic nitrogens is 1. The maximum Gasteiger partial charge on any atom is 0.254 e. The normalized spacial score (nSPS) is 14.1. The summed E-state index contributed by atoms with van der Waals surface area (Å²) < 4.78 is 6.61. The Labute approximate surface area is 136 Å². The van der Waals surface area contributed by atoms with E-state index in [1.165, 1.54) is 6.20 Å². The average Bonchev–Trinajstić information content (AvgIpc) is 2.51. The number of carbonyl (C=O) groups excluding carboxylic acids is 1.